The first-order valence-electron chi connectivity index (χ1n) is 6.47. The quantitative estimate of drug-likeness (QED) is 0.765. The Hall–Kier alpha value is -2.69. The van der Waals surface area contributed by atoms with Crippen LogP contribution in [0.25, 0.3) is 11.0 Å². The molecular formula is C15H14N4O. The smallest absolute Gasteiger partial charge is 0.255 e. The number of para-hydroxylation sites is 1. The van der Waals surface area contributed by atoms with Crippen LogP contribution in [0.15, 0.2) is 42.5 Å². The number of nitrogens with one attached hydrogen (secondary N) is 2. The molecule has 0 radical (unpaired) electrons. The van der Waals surface area contributed by atoms with Crippen LogP contribution in [0.2, 0.25) is 0 Å². The Labute approximate surface area is 116 Å². The van der Waals surface area contributed by atoms with Gasteiger partial charge in [0.15, 0.2) is 0 Å². The molecule has 5 heteroatoms. The van der Waals surface area contributed by atoms with E-state index in [1.165, 1.54) is 0 Å². The molecule has 20 heavy (non-hydrogen) atoms. The Balaban J connectivity index is 1.88. The van der Waals surface area contributed by atoms with Gasteiger partial charge >= 0.3 is 0 Å². The number of amides is 1. The van der Waals surface area contributed by atoms with Crippen molar-refractivity contribution in [1.29, 1.82) is 0 Å². The number of benzene rings is 2. The van der Waals surface area contributed by atoms with Crippen LogP contribution in [-0.4, -0.2) is 21.3 Å². The second kappa shape index (κ2) is 5.13. The molecule has 0 fully saturated rings. The van der Waals surface area contributed by atoms with E-state index in [2.05, 4.69) is 27.7 Å². The van der Waals surface area contributed by atoms with E-state index >= 15 is 0 Å². The van der Waals surface area contributed by atoms with Gasteiger partial charge in [0, 0.05) is 11.3 Å². The van der Waals surface area contributed by atoms with Crippen LogP contribution in [0.3, 0.4) is 0 Å². The van der Waals surface area contributed by atoms with Crippen molar-refractivity contribution in [2.24, 2.45) is 0 Å². The van der Waals surface area contributed by atoms with Gasteiger partial charge in [-0.05, 0) is 36.2 Å². The molecule has 0 aliphatic rings. The number of aromatic nitrogens is 3. The van der Waals surface area contributed by atoms with E-state index in [1.807, 2.05) is 24.3 Å². The molecule has 1 heterocycles. The molecule has 2 aromatic carbocycles. The summed E-state index contributed by atoms with van der Waals surface area (Å²) >= 11 is 0. The Bertz CT molecular complexity index is 763. The summed E-state index contributed by atoms with van der Waals surface area (Å²) in [7, 11) is 0. The van der Waals surface area contributed by atoms with Gasteiger partial charge in [-0.2, -0.15) is 15.4 Å². The fourth-order valence-corrected chi connectivity index (χ4v) is 2.13. The average Bonchev–Trinajstić information content (AvgIpc) is 2.95. The first-order valence-corrected chi connectivity index (χ1v) is 6.47. The highest BCUT2D eigenvalue weighted by Gasteiger charge is 2.10. The molecule has 0 aliphatic carbocycles. The predicted octanol–water partition coefficient (Wildman–Crippen LogP) is 2.77. The monoisotopic (exact) mass is 266 g/mol. The molecule has 0 unspecified atom stereocenters. The molecule has 1 amide bonds. The number of carbonyl (C=O) groups excluding carboxylic acids is 1. The molecule has 0 atom stereocenters. The maximum absolute atomic E-state index is 12.3. The number of rotatable bonds is 3. The number of anilines is 1. The Morgan fingerprint density at radius 3 is 2.80 bits per heavy atom. The van der Waals surface area contributed by atoms with Crippen molar-refractivity contribution in [2.75, 3.05) is 5.32 Å². The van der Waals surface area contributed by atoms with Crippen molar-refractivity contribution in [3.8, 4) is 0 Å². The van der Waals surface area contributed by atoms with E-state index < -0.39 is 0 Å². The van der Waals surface area contributed by atoms with E-state index in [4.69, 9.17) is 0 Å². The molecule has 0 saturated carbocycles. The fourth-order valence-electron chi connectivity index (χ4n) is 2.13. The van der Waals surface area contributed by atoms with Gasteiger partial charge in [-0.3, -0.25) is 4.79 Å². The summed E-state index contributed by atoms with van der Waals surface area (Å²) < 4.78 is 0. The van der Waals surface area contributed by atoms with Crippen molar-refractivity contribution < 1.29 is 4.79 Å². The number of aryl methyl sites for hydroxylation is 1. The first-order chi connectivity index (χ1) is 9.78. The van der Waals surface area contributed by atoms with Crippen molar-refractivity contribution in [3.63, 3.8) is 0 Å². The molecular weight excluding hydrogens is 252 g/mol. The summed E-state index contributed by atoms with van der Waals surface area (Å²) in [5.41, 5.74) is 3.96. The van der Waals surface area contributed by atoms with Gasteiger partial charge in [0.25, 0.3) is 5.91 Å². The lowest BCUT2D eigenvalue weighted by Crippen LogP contribution is -2.13. The van der Waals surface area contributed by atoms with Gasteiger partial charge in [0.05, 0.1) is 0 Å². The summed E-state index contributed by atoms with van der Waals surface area (Å²) in [5.74, 6) is -0.143. The number of H-pyrrole nitrogens is 1. The van der Waals surface area contributed by atoms with Crippen molar-refractivity contribution in [1.82, 2.24) is 15.4 Å². The summed E-state index contributed by atoms with van der Waals surface area (Å²) in [6, 6.07) is 13.0. The highest BCUT2D eigenvalue weighted by Crippen LogP contribution is 2.17. The summed E-state index contributed by atoms with van der Waals surface area (Å²) in [4.78, 5) is 12.3. The lowest BCUT2D eigenvalue weighted by Gasteiger charge is -2.09. The summed E-state index contributed by atoms with van der Waals surface area (Å²) in [5, 5.41) is 13.4. The number of fused-ring (bicyclic) bond motifs is 1. The molecule has 0 spiro atoms. The maximum atomic E-state index is 12.3. The molecule has 3 aromatic rings. The third-order valence-corrected chi connectivity index (χ3v) is 3.22. The number of aromatic amines is 1. The van der Waals surface area contributed by atoms with Crippen LogP contribution in [0.4, 0.5) is 5.69 Å². The number of nitrogens with zero attached hydrogens (tertiary/aromatic N) is 2. The van der Waals surface area contributed by atoms with Crippen LogP contribution < -0.4 is 5.32 Å². The molecule has 5 nitrogen and oxygen atoms in total. The van der Waals surface area contributed by atoms with Crippen molar-refractivity contribution >= 4 is 22.6 Å². The van der Waals surface area contributed by atoms with Crippen molar-refractivity contribution in [3.05, 3.63) is 53.6 Å². The second-order valence-corrected chi connectivity index (χ2v) is 4.49. The largest absolute Gasteiger partial charge is 0.322 e. The van der Waals surface area contributed by atoms with Crippen molar-refractivity contribution in [2.45, 2.75) is 13.3 Å². The minimum absolute atomic E-state index is 0.143. The van der Waals surface area contributed by atoms with Gasteiger partial charge in [-0.25, -0.2) is 0 Å². The molecule has 0 aliphatic heterocycles. The van der Waals surface area contributed by atoms with Gasteiger partial charge in [0.2, 0.25) is 0 Å². The molecule has 3 rings (SSSR count). The predicted molar refractivity (Wildman–Crippen MR) is 77.7 cm³/mol. The Morgan fingerprint density at radius 1 is 1.15 bits per heavy atom. The lowest BCUT2D eigenvalue weighted by atomic mass is 10.1. The van der Waals surface area contributed by atoms with Crippen LogP contribution >= 0.6 is 0 Å². The van der Waals surface area contributed by atoms with Gasteiger partial charge in [0.1, 0.15) is 11.0 Å². The normalized spacial score (nSPS) is 10.7. The molecule has 1 aromatic heterocycles. The van der Waals surface area contributed by atoms with E-state index in [-0.39, 0.29) is 5.91 Å². The summed E-state index contributed by atoms with van der Waals surface area (Å²) in [6.45, 7) is 2.06. The van der Waals surface area contributed by atoms with E-state index in [0.29, 0.717) is 11.1 Å². The van der Waals surface area contributed by atoms with Gasteiger partial charge in [-0.15, -0.1) is 0 Å². The highest BCUT2D eigenvalue weighted by atomic mass is 16.1. The zero-order valence-electron chi connectivity index (χ0n) is 11.1. The number of hydrogen-bond donors (Lipinski definition) is 2. The molecule has 2 N–H and O–H groups in total. The Kier molecular flexibility index (Phi) is 3.16. The maximum Gasteiger partial charge on any atom is 0.255 e. The van der Waals surface area contributed by atoms with E-state index in [0.717, 1.165) is 23.2 Å². The zero-order valence-corrected chi connectivity index (χ0v) is 11.1. The minimum atomic E-state index is -0.143. The van der Waals surface area contributed by atoms with Crippen LogP contribution in [0.5, 0.6) is 0 Å². The Morgan fingerprint density at radius 2 is 1.95 bits per heavy atom. The fraction of sp³-hybridized carbons (Fsp3) is 0.133. The zero-order chi connectivity index (χ0) is 13.9. The number of carbonyl (C=O) groups is 1. The van der Waals surface area contributed by atoms with E-state index in [9.17, 15) is 4.79 Å². The standard InChI is InChI=1S/C15H14N4O/c1-2-10-5-3-4-6-12(10)16-15(20)11-7-8-13-14(9-11)18-19-17-13/h3-9H,2H2,1H3,(H,16,20)(H,17,18,19). The van der Waals surface area contributed by atoms with Gasteiger partial charge < -0.3 is 5.32 Å². The third-order valence-electron chi connectivity index (χ3n) is 3.22. The van der Waals surface area contributed by atoms with Crippen LogP contribution in [0, 0.1) is 0 Å². The minimum Gasteiger partial charge on any atom is -0.322 e. The SMILES string of the molecule is CCc1ccccc1NC(=O)c1ccc2n[nH]nc2c1. The highest BCUT2D eigenvalue weighted by molar-refractivity contribution is 6.06. The number of hydrogen-bond acceptors (Lipinski definition) is 3. The lowest BCUT2D eigenvalue weighted by molar-refractivity contribution is 0.102. The third kappa shape index (κ3) is 2.25. The van der Waals surface area contributed by atoms with Crippen LogP contribution in [0.1, 0.15) is 22.8 Å². The van der Waals surface area contributed by atoms with Crippen LogP contribution in [-0.2, 0) is 6.42 Å². The van der Waals surface area contributed by atoms with Gasteiger partial charge in [-0.1, -0.05) is 25.1 Å². The average molecular weight is 266 g/mol. The van der Waals surface area contributed by atoms with E-state index in [1.54, 1.807) is 18.2 Å². The first kappa shape index (κ1) is 12.3. The molecule has 0 bridgehead atoms. The summed E-state index contributed by atoms with van der Waals surface area (Å²) in [6.07, 6.45) is 0.874. The topological polar surface area (TPSA) is 70.7 Å². The molecule has 100 valence electrons. The second-order valence-electron chi connectivity index (χ2n) is 4.49. The molecule has 0 saturated heterocycles.